The lowest BCUT2D eigenvalue weighted by Crippen LogP contribution is -2.29. The zero-order valence-corrected chi connectivity index (χ0v) is 7.09. The van der Waals surface area contributed by atoms with Gasteiger partial charge in [-0.05, 0) is 26.2 Å². The van der Waals surface area contributed by atoms with Crippen LogP contribution in [0, 0.1) is 5.92 Å². The van der Waals surface area contributed by atoms with Crippen molar-refractivity contribution in [3.05, 3.63) is 0 Å². The van der Waals surface area contributed by atoms with Crippen molar-refractivity contribution >= 4 is 0 Å². The van der Waals surface area contributed by atoms with Crippen LogP contribution >= 0.6 is 0 Å². The fraction of sp³-hybridized carbons (Fsp3) is 1.00. The van der Waals surface area contributed by atoms with E-state index in [-0.39, 0.29) is 18.7 Å². The van der Waals surface area contributed by atoms with Gasteiger partial charge in [0.05, 0.1) is 5.60 Å². The summed E-state index contributed by atoms with van der Waals surface area (Å²) in [5, 5.41) is 17.8. The predicted molar refractivity (Wildman–Crippen MR) is 42.2 cm³/mol. The first kappa shape index (κ1) is 12.5. The van der Waals surface area contributed by atoms with Gasteiger partial charge in [0, 0.05) is 6.61 Å². The van der Waals surface area contributed by atoms with Crippen molar-refractivity contribution < 1.29 is 10.2 Å². The van der Waals surface area contributed by atoms with Gasteiger partial charge in [-0.1, -0.05) is 6.92 Å². The summed E-state index contributed by atoms with van der Waals surface area (Å²) in [5.74, 6) is 0.169. The van der Waals surface area contributed by atoms with Crippen molar-refractivity contribution in [2.24, 2.45) is 5.92 Å². The fourth-order valence-corrected chi connectivity index (χ4v) is 0.547. The molecule has 5 N–H and O–H groups in total. The largest absolute Gasteiger partial charge is 0.396 e. The number of hydrogen-bond acceptors (Lipinski definition) is 3. The van der Waals surface area contributed by atoms with Gasteiger partial charge in [-0.2, -0.15) is 0 Å². The molecular formula is C7H19NO2. The van der Waals surface area contributed by atoms with Gasteiger partial charge in [-0.25, -0.2) is 0 Å². The first-order chi connectivity index (χ1) is 3.98. The Morgan fingerprint density at radius 3 is 1.90 bits per heavy atom. The molecule has 1 atom stereocenters. The minimum Gasteiger partial charge on any atom is -0.396 e. The third-order valence-corrected chi connectivity index (χ3v) is 1.77. The van der Waals surface area contributed by atoms with E-state index in [0.29, 0.717) is 6.42 Å². The molecule has 0 aliphatic heterocycles. The Hall–Kier alpha value is -0.120. The van der Waals surface area contributed by atoms with E-state index in [0.717, 1.165) is 0 Å². The number of aliphatic hydroxyl groups is 2. The maximum atomic E-state index is 9.31. The summed E-state index contributed by atoms with van der Waals surface area (Å²) in [4.78, 5) is 0. The zero-order chi connectivity index (χ0) is 7.49. The van der Waals surface area contributed by atoms with E-state index in [4.69, 9.17) is 5.11 Å². The van der Waals surface area contributed by atoms with Crippen LogP contribution in [0.25, 0.3) is 0 Å². The van der Waals surface area contributed by atoms with E-state index in [1.807, 2.05) is 6.92 Å². The van der Waals surface area contributed by atoms with Gasteiger partial charge < -0.3 is 16.4 Å². The van der Waals surface area contributed by atoms with E-state index < -0.39 is 5.60 Å². The van der Waals surface area contributed by atoms with Gasteiger partial charge in [-0.15, -0.1) is 0 Å². The lowest BCUT2D eigenvalue weighted by molar-refractivity contribution is 0.0145. The van der Waals surface area contributed by atoms with Crippen molar-refractivity contribution in [1.82, 2.24) is 6.15 Å². The maximum Gasteiger partial charge on any atom is 0.0618 e. The van der Waals surface area contributed by atoms with Crippen molar-refractivity contribution in [2.75, 3.05) is 6.61 Å². The van der Waals surface area contributed by atoms with Crippen LogP contribution < -0.4 is 6.15 Å². The summed E-state index contributed by atoms with van der Waals surface area (Å²) in [6, 6.07) is 0. The van der Waals surface area contributed by atoms with E-state index in [9.17, 15) is 5.11 Å². The summed E-state index contributed by atoms with van der Waals surface area (Å²) in [6.45, 7) is 5.60. The average molecular weight is 149 g/mol. The predicted octanol–water partition coefficient (Wildman–Crippen LogP) is 0.938. The highest BCUT2D eigenvalue weighted by Crippen LogP contribution is 2.17. The monoisotopic (exact) mass is 149 g/mol. The van der Waals surface area contributed by atoms with Gasteiger partial charge in [0.2, 0.25) is 0 Å². The normalized spacial score (nSPS) is 14.1. The van der Waals surface area contributed by atoms with Crippen LogP contribution in [0.3, 0.4) is 0 Å². The van der Waals surface area contributed by atoms with Crippen molar-refractivity contribution in [3.63, 3.8) is 0 Å². The molecule has 64 valence electrons. The summed E-state index contributed by atoms with van der Waals surface area (Å²) >= 11 is 0. The number of aliphatic hydroxyl groups excluding tert-OH is 1. The first-order valence-corrected chi connectivity index (χ1v) is 3.31. The van der Waals surface area contributed by atoms with E-state index in [1.165, 1.54) is 0 Å². The molecule has 10 heavy (non-hydrogen) atoms. The molecule has 3 heteroatoms. The Morgan fingerprint density at radius 2 is 1.80 bits per heavy atom. The molecule has 0 aliphatic rings. The molecule has 0 aliphatic carbocycles. The van der Waals surface area contributed by atoms with Gasteiger partial charge in [0.15, 0.2) is 0 Å². The molecule has 0 aromatic heterocycles. The van der Waals surface area contributed by atoms with Gasteiger partial charge in [-0.3, -0.25) is 0 Å². The Bertz CT molecular complexity index is 78.2. The Balaban J connectivity index is 0. The molecule has 0 heterocycles. The third-order valence-electron chi connectivity index (χ3n) is 1.77. The number of rotatable bonds is 3. The van der Waals surface area contributed by atoms with Crippen molar-refractivity contribution in [1.29, 1.82) is 0 Å². The molecule has 0 saturated carbocycles. The highest BCUT2D eigenvalue weighted by Gasteiger charge is 2.20. The minimum atomic E-state index is -0.650. The van der Waals surface area contributed by atoms with Gasteiger partial charge in [0.1, 0.15) is 0 Å². The van der Waals surface area contributed by atoms with Crippen LogP contribution in [-0.2, 0) is 0 Å². The standard InChI is InChI=1S/C7H16O2.H3N/c1-6(4-5-8)7(2,3)9;/h6,8-9H,4-5H2,1-3H3;1H3. The first-order valence-electron chi connectivity index (χ1n) is 3.31. The zero-order valence-electron chi connectivity index (χ0n) is 7.09. The maximum absolute atomic E-state index is 9.31. The molecule has 0 fully saturated rings. The highest BCUT2D eigenvalue weighted by molar-refractivity contribution is 4.72. The van der Waals surface area contributed by atoms with Crippen molar-refractivity contribution in [3.8, 4) is 0 Å². The van der Waals surface area contributed by atoms with E-state index in [2.05, 4.69) is 0 Å². The van der Waals surface area contributed by atoms with E-state index >= 15 is 0 Å². The van der Waals surface area contributed by atoms with Crippen molar-refractivity contribution in [2.45, 2.75) is 32.8 Å². The van der Waals surface area contributed by atoms with Gasteiger partial charge >= 0.3 is 0 Å². The fourth-order valence-electron chi connectivity index (χ4n) is 0.547. The molecular weight excluding hydrogens is 130 g/mol. The topological polar surface area (TPSA) is 75.5 Å². The molecule has 0 aromatic rings. The smallest absolute Gasteiger partial charge is 0.0618 e. The second kappa shape index (κ2) is 4.66. The van der Waals surface area contributed by atoms with Crippen LogP contribution in [0.4, 0.5) is 0 Å². The molecule has 0 bridgehead atoms. The van der Waals surface area contributed by atoms with Crippen LogP contribution in [0.2, 0.25) is 0 Å². The Morgan fingerprint density at radius 1 is 1.40 bits per heavy atom. The average Bonchev–Trinajstić information content (AvgIpc) is 1.64. The number of hydrogen-bond donors (Lipinski definition) is 3. The molecule has 0 rings (SSSR count). The van der Waals surface area contributed by atoms with Crippen LogP contribution in [0.1, 0.15) is 27.2 Å². The minimum absolute atomic E-state index is 0. The lowest BCUT2D eigenvalue weighted by atomic mass is 9.90. The van der Waals surface area contributed by atoms with E-state index in [1.54, 1.807) is 13.8 Å². The summed E-state index contributed by atoms with van der Waals surface area (Å²) < 4.78 is 0. The third kappa shape index (κ3) is 4.73. The quantitative estimate of drug-likeness (QED) is 0.559. The summed E-state index contributed by atoms with van der Waals surface area (Å²) in [5.41, 5.74) is -0.650. The Kier molecular flexibility index (Phi) is 5.84. The summed E-state index contributed by atoms with van der Waals surface area (Å²) in [7, 11) is 0. The molecule has 0 aromatic carbocycles. The SMILES string of the molecule is CC(CCO)C(C)(C)O.N. The van der Waals surface area contributed by atoms with Gasteiger partial charge in [0.25, 0.3) is 0 Å². The molecule has 0 radical (unpaired) electrons. The second-order valence-corrected chi connectivity index (χ2v) is 3.07. The lowest BCUT2D eigenvalue weighted by Gasteiger charge is -2.24. The molecule has 0 saturated heterocycles. The van der Waals surface area contributed by atoms with Crippen LogP contribution in [0.15, 0.2) is 0 Å². The Labute approximate surface area is 62.7 Å². The highest BCUT2D eigenvalue weighted by atomic mass is 16.3. The second-order valence-electron chi connectivity index (χ2n) is 3.07. The molecule has 0 spiro atoms. The molecule has 1 unspecified atom stereocenters. The van der Waals surface area contributed by atoms with Crippen LogP contribution in [0.5, 0.6) is 0 Å². The molecule has 0 amide bonds. The molecule has 3 nitrogen and oxygen atoms in total. The summed E-state index contributed by atoms with van der Waals surface area (Å²) in [6.07, 6.45) is 0.670. The van der Waals surface area contributed by atoms with Crippen LogP contribution in [-0.4, -0.2) is 22.4 Å².